The van der Waals surface area contributed by atoms with Crippen LogP contribution < -0.4 is 15.8 Å². The lowest BCUT2D eigenvalue weighted by Gasteiger charge is -2.19. The number of nitrogens with one attached hydrogen (secondary N) is 1. The maximum absolute atomic E-state index is 5.86. The lowest BCUT2D eigenvalue weighted by molar-refractivity contribution is 0.297. The van der Waals surface area contributed by atoms with Gasteiger partial charge in [0.25, 0.3) is 0 Å². The molecule has 4 rings (SSSR count). The van der Waals surface area contributed by atoms with Gasteiger partial charge in [0.1, 0.15) is 12.4 Å². The highest BCUT2D eigenvalue weighted by molar-refractivity contribution is 5.48. The lowest BCUT2D eigenvalue weighted by atomic mass is 10.0. The quantitative estimate of drug-likeness (QED) is 0.821. The van der Waals surface area contributed by atoms with Crippen molar-refractivity contribution in [1.82, 2.24) is 5.32 Å². The third-order valence-corrected chi connectivity index (χ3v) is 4.35. The van der Waals surface area contributed by atoms with E-state index >= 15 is 0 Å². The van der Waals surface area contributed by atoms with E-state index in [-0.39, 0.29) is 0 Å². The maximum Gasteiger partial charge on any atom is 0.124 e. The van der Waals surface area contributed by atoms with Gasteiger partial charge in [-0.25, -0.2) is 0 Å². The van der Waals surface area contributed by atoms with Crippen LogP contribution in [-0.2, 0) is 6.42 Å². The van der Waals surface area contributed by atoms with Gasteiger partial charge in [0.15, 0.2) is 0 Å². The highest BCUT2D eigenvalue weighted by Gasteiger charge is 2.29. The number of rotatable bonds is 2. The molecule has 2 aromatic carbocycles. The van der Waals surface area contributed by atoms with Gasteiger partial charge in [-0.1, -0.05) is 24.3 Å². The van der Waals surface area contributed by atoms with Gasteiger partial charge in [-0.2, -0.15) is 0 Å². The van der Waals surface area contributed by atoms with Crippen LogP contribution in [0.4, 0.5) is 5.69 Å². The van der Waals surface area contributed by atoms with Crippen molar-refractivity contribution in [3.05, 3.63) is 59.2 Å². The minimum atomic E-state index is 0.291. The normalized spacial score (nSPS) is 23.2. The van der Waals surface area contributed by atoms with Gasteiger partial charge in [-0.3, -0.25) is 0 Å². The van der Waals surface area contributed by atoms with Crippen LogP contribution in [0.25, 0.3) is 0 Å². The predicted octanol–water partition coefficient (Wildman–Crippen LogP) is 2.98. The van der Waals surface area contributed by atoms with E-state index in [0.29, 0.717) is 12.1 Å². The molecular formula is C17H18N2O. The van der Waals surface area contributed by atoms with Crippen molar-refractivity contribution in [3.8, 4) is 5.75 Å². The predicted molar refractivity (Wildman–Crippen MR) is 79.7 cm³/mol. The third-order valence-electron chi connectivity index (χ3n) is 4.35. The number of nitrogens with two attached hydrogens (primary N) is 1. The molecule has 3 nitrogen and oxygen atoms in total. The zero-order chi connectivity index (χ0) is 13.5. The summed E-state index contributed by atoms with van der Waals surface area (Å²) in [6.45, 7) is 0.722. The fourth-order valence-electron chi connectivity index (χ4n) is 3.35. The molecular weight excluding hydrogens is 248 g/mol. The fourth-order valence-corrected chi connectivity index (χ4v) is 3.35. The summed E-state index contributed by atoms with van der Waals surface area (Å²) >= 11 is 0. The molecule has 20 heavy (non-hydrogen) atoms. The molecule has 1 aliphatic heterocycles. The van der Waals surface area contributed by atoms with E-state index in [4.69, 9.17) is 10.5 Å². The molecule has 3 N–H and O–H groups in total. The molecule has 1 heterocycles. The number of anilines is 1. The Morgan fingerprint density at radius 3 is 2.90 bits per heavy atom. The monoisotopic (exact) mass is 266 g/mol. The second-order valence-electron chi connectivity index (χ2n) is 5.62. The first-order valence-electron chi connectivity index (χ1n) is 7.17. The van der Waals surface area contributed by atoms with Gasteiger partial charge in [0.2, 0.25) is 0 Å². The highest BCUT2D eigenvalue weighted by Crippen LogP contribution is 2.37. The largest absolute Gasteiger partial charge is 0.491 e. The third kappa shape index (κ3) is 1.86. The van der Waals surface area contributed by atoms with Crippen LogP contribution >= 0.6 is 0 Å². The van der Waals surface area contributed by atoms with E-state index in [1.165, 1.54) is 16.7 Å². The Hall–Kier alpha value is -2.00. The molecule has 2 aliphatic rings. The summed E-state index contributed by atoms with van der Waals surface area (Å²) in [6.07, 6.45) is 2.24. The van der Waals surface area contributed by atoms with Crippen LogP contribution in [0, 0.1) is 0 Å². The Bertz CT molecular complexity index is 653. The van der Waals surface area contributed by atoms with E-state index in [9.17, 15) is 0 Å². The van der Waals surface area contributed by atoms with Crippen molar-refractivity contribution in [2.45, 2.75) is 24.9 Å². The summed E-state index contributed by atoms with van der Waals surface area (Å²) in [6, 6.07) is 15.3. The topological polar surface area (TPSA) is 47.3 Å². The number of ether oxygens (including phenoxy) is 1. The Balaban J connectivity index is 1.58. The van der Waals surface area contributed by atoms with E-state index < -0.39 is 0 Å². The number of nitrogen functional groups attached to an aromatic ring is 1. The number of hydrogen-bond donors (Lipinski definition) is 2. The first kappa shape index (κ1) is 11.8. The van der Waals surface area contributed by atoms with Crippen LogP contribution in [0.3, 0.4) is 0 Å². The van der Waals surface area contributed by atoms with Gasteiger partial charge in [-0.05, 0) is 42.2 Å². The fraction of sp³-hybridized carbons (Fsp3) is 0.294. The van der Waals surface area contributed by atoms with Crippen molar-refractivity contribution in [3.63, 3.8) is 0 Å². The summed E-state index contributed by atoms with van der Waals surface area (Å²) in [5.41, 5.74) is 10.8. The molecule has 0 fully saturated rings. The molecule has 2 aromatic rings. The maximum atomic E-state index is 5.86. The smallest absolute Gasteiger partial charge is 0.124 e. The summed E-state index contributed by atoms with van der Waals surface area (Å²) < 4.78 is 5.75. The first-order chi connectivity index (χ1) is 9.81. The van der Waals surface area contributed by atoms with E-state index in [0.717, 1.165) is 30.9 Å². The van der Waals surface area contributed by atoms with Gasteiger partial charge < -0.3 is 15.8 Å². The van der Waals surface area contributed by atoms with Crippen LogP contribution in [-0.4, -0.2) is 6.61 Å². The minimum absolute atomic E-state index is 0.291. The minimum Gasteiger partial charge on any atom is -0.491 e. The zero-order valence-electron chi connectivity index (χ0n) is 11.3. The van der Waals surface area contributed by atoms with Crippen molar-refractivity contribution >= 4 is 5.69 Å². The molecule has 3 heteroatoms. The van der Waals surface area contributed by atoms with E-state index in [2.05, 4.69) is 29.6 Å². The summed E-state index contributed by atoms with van der Waals surface area (Å²) in [7, 11) is 0. The molecule has 0 spiro atoms. The molecule has 0 saturated carbocycles. The van der Waals surface area contributed by atoms with E-state index in [1.807, 2.05) is 18.2 Å². The average Bonchev–Trinajstić information content (AvgIpc) is 3.04. The van der Waals surface area contributed by atoms with Crippen LogP contribution in [0.5, 0.6) is 5.75 Å². The number of hydrogen-bond acceptors (Lipinski definition) is 3. The van der Waals surface area contributed by atoms with Crippen LogP contribution in [0.2, 0.25) is 0 Å². The van der Waals surface area contributed by atoms with Gasteiger partial charge in [-0.15, -0.1) is 0 Å². The van der Waals surface area contributed by atoms with Crippen molar-refractivity contribution in [2.24, 2.45) is 0 Å². The molecule has 2 atom stereocenters. The van der Waals surface area contributed by atoms with Crippen LogP contribution in [0.15, 0.2) is 42.5 Å². The zero-order valence-corrected chi connectivity index (χ0v) is 11.3. The highest BCUT2D eigenvalue weighted by atomic mass is 16.5. The SMILES string of the molecule is Nc1ccc2c(c1)CCC2NC1COc2ccccc21. The Kier molecular flexibility index (Phi) is 2.67. The van der Waals surface area contributed by atoms with Crippen molar-refractivity contribution in [2.75, 3.05) is 12.3 Å². The number of aryl methyl sites for hydroxylation is 1. The van der Waals surface area contributed by atoms with Crippen molar-refractivity contribution in [1.29, 1.82) is 0 Å². The molecule has 0 radical (unpaired) electrons. The summed E-state index contributed by atoms with van der Waals surface area (Å²) in [5, 5.41) is 3.74. The molecule has 1 aliphatic carbocycles. The molecule has 102 valence electrons. The molecule has 0 bridgehead atoms. The van der Waals surface area contributed by atoms with Gasteiger partial charge >= 0.3 is 0 Å². The Morgan fingerprint density at radius 1 is 1.05 bits per heavy atom. The average molecular weight is 266 g/mol. The van der Waals surface area contributed by atoms with Crippen LogP contribution in [0.1, 0.15) is 35.2 Å². The van der Waals surface area contributed by atoms with Crippen molar-refractivity contribution < 1.29 is 4.74 Å². The van der Waals surface area contributed by atoms with Gasteiger partial charge in [0.05, 0.1) is 6.04 Å². The second-order valence-corrected chi connectivity index (χ2v) is 5.62. The summed E-state index contributed by atoms with van der Waals surface area (Å²) in [5.74, 6) is 1.01. The Labute approximate surface area is 118 Å². The summed E-state index contributed by atoms with van der Waals surface area (Å²) in [4.78, 5) is 0. The lowest BCUT2D eigenvalue weighted by Crippen LogP contribution is -2.26. The molecule has 2 unspecified atom stereocenters. The molecule has 0 aromatic heterocycles. The standard InChI is InChI=1S/C17H18N2O/c18-12-6-7-13-11(9-12)5-8-15(13)19-16-10-20-17-4-2-1-3-14(16)17/h1-4,6-7,9,15-16,19H,5,8,10,18H2. The number of para-hydroxylation sites is 1. The molecule has 0 amide bonds. The van der Waals surface area contributed by atoms with Gasteiger partial charge in [0, 0.05) is 17.3 Å². The molecule has 0 saturated heterocycles. The number of benzene rings is 2. The number of fused-ring (bicyclic) bond motifs is 2. The first-order valence-corrected chi connectivity index (χ1v) is 7.17. The second kappa shape index (κ2) is 4.53. The van der Waals surface area contributed by atoms with E-state index in [1.54, 1.807) is 0 Å². The Morgan fingerprint density at radius 2 is 1.95 bits per heavy atom.